The van der Waals surface area contributed by atoms with Gasteiger partial charge in [0.1, 0.15) is 0 Å². The summed E-state index contributed by atoms with van der Waals surface area (Å²) in [6.07, 6.45) is 2.19. The van der Waals surface area contributed by atoms with Gasteiger partial charge in [0, 0.05) is 30.4 Å². The molecule has 8 nitrogen and oxygen atoms in total. The lowest BCUT2D eigenvalue weighted by molar-refractivity contribution is 0.0785. The maximum atomic E-state index is 12.9. The van der Waals surface area contributed by atoms with Crippen molar-refractivity contribution >= 4 is 26.8 Å². The number of nitrogens with one attached hydrogen (secondary N) is 1. The first-order valence-electron chi connectivity index (χ1n) is 9.19. The van der Waals surface area contributed by atoms with E-state index in [4.69, 9.17) is 0 Å². The van der Waals surface area contributed by atoms with Crippen molar-refractivity contribution in [2.75, 3.05) is 18.6 Å². The highest BCUT2D eigenvalue weighted by atomic mass is 32.2. The number of sulfone groups is 1. The average Bonchev–Trinajstić information content (AvgIpc) is 3.33. The maximum Gasteiger partial charge on any atom is 0.253 e. The molecule has 0 saturated carbocycles. The minimum atomic E-state index is -2.98. The van der Waals surface area contributed by atoms with E-state index in [1.807, 2.05) is 24.6 Å². The van der Waals surface area contributed by atoms with Gasteiger partial charge in [0.15, 0.2) is 9.84 Å². The van der Waals surface area contributed by atoms with Crippen LogP contribution in [0.1, 0.15) is 39.8 Å². The molecular formula is C19H23N5O3S. The van der Waals surface area contributed by atoms with Crippen LogP contribution in [-0.2, 0) is 16.4 Å². The van der Waals surface area contributed by atoms with Crippen LogP contribution in [0.5, 0.6) is 0 Å². The lowest BCUT2D eigenvalue weighted by Crippen LogP contribution is -2.26. The number of aromatic nitrogens is 4. The number of aromatic amines is 1. The molecule has 0 spiro atoms. The number of nitrogens with zero attached hydrogens (tertiary/aromatic N) is 4. The summed E-state index contributed by atoms with van der Waals surface area (Å²) in [5.41, 5.74) is 4.93. The van der Waals surface area contributed by atoms with Gasteiger partial charge >= 0.3 is 0 Å². The van der Waals surface area contributed by atoms with Crippen LogP contribution in [-0.4, -0.2) is 57.5 Å². The molecule has 9 heteroatoms. The van der Waals surface area contributed by atoms with Crippen LogP contribution in [0.4, 0.5) is 0 Å². The maximum absolute atomic E-state index is 12.9. The van der Waals surface area contributed by atoms with Gasteiger partial charge in [-0.15, -0.1) is 0 Å². The number of aryl methyl sites for hydroxylation is 1. The van der Waals surface area contributed by atoms with Gasteiger partial charge in [-0.2, -0.15) is 5.10 Å². The summed E-state index contributed by atoms with van der Waals surface area (Å²) in [6, 6.07) is 5.27. The Balaban J connectivity index is 1.55. The van der Waals surface area contributed by atoms with E-state index < -0.39 is 9.84 Å². The van der Waals surface area contributed by atoms with Crippen molar-refractivity contribution in [2.45, 2.75) is 32.9 Å². The van der Waals surface area contributed by atoms with Gasteiger partial charge in [-0.1, -0.05) is 0 Å². The molecule has 0 radical (unpaired) electrons. The van der Waals surface area contributed by atoms with E-state index in [0.29, 0.717) is 18.5 Å². The van der Waals surface area contributed by atoms with Crippen LogP contribution in [0.2, 0.25) is 0 Å². The smallest absolute Gasteiger partial charge is 0.253 e. The molecule has 1 fully saturated rings. The number of hydrogen-bond acceptors (Lipinski definition) is 5. The molecule has 2 aromatic heterocycles. The summed E-state index contributed by atoms with van der Waals surface area (Å²) >= 11 is 0. The Bertz CT molecular complexity index is 1160. The van der Waals surface area contributed by atoms with Crippen molar-refractivity contribution in [1.82, 2.24) is 24.6 Å². The third-order valence-corrected chi connectivity index (χ3v) is 7.19. The molecule has 1 aliphatic heterocycles. The summed E-state index contributed by atoms with van der Waals surface area (Å²) in [5.74, 6) is 0.249. The Hall–Kier alpha value is -2.68. The molecule has 0 unspecified atom stereocenters. The Labute approximate surface area is 163 Å². The van der Waals surface area contributed by atoms with Crippen molar-refractivity contribution in [3.8, 4) is 0 Å². The van der Waals surface area contributed by atoms with Crippen LogP contribution >= 0.6 is 0 Å². The zero-order valence-electron chi connectivity index (χ0n) is 16.1. The van der Waals surface area contributed by atoms with Gasteiger partial charge in [-0.25, -0.2) is 13.4 Å². The zero-order chi connectivity index (χ0) is 20.1. The van der Waals surface area contributed by atoms with Gasteiger partial charge in [-0.3, -0.25) is 9.48 Å². The lowest BCUT2D eigenvalue weighted by atomic mass is 10.1. The summed E-state index contributed by atoms with van der Waals surface area (Å²) < 4.78 is 25.5. The fourth-order valence-electron chi connectivity index (χ4n) is 3.85. The number of carbonyl (C=O) groups excluding carboxylic acids is 1. The molecule has 1 saturated heterocycles. The van der Waals surface area contributed by atoms with E-state index in [9.17, 15) is 13.2 Å². The Kier molecular flexibility index (Phi) is 4.49. The van der Waals surface area contributed by atoms with Crippen molar-refractivity contribution in [1.29, 1.82) is 0 Å². The van der Waals surface area contributed by atoms with Gasteiger partial charge in [0.2, 0.25) is 0 Å². The SMILES string of the molecule is Cc1nn([C@H]2CCS(=O)(=O)C2)c(C)c1CN(C)C(=O)c1ccc2nc[nH]c2c1. The monoisotopic (exact) mass is 401 g/mol. The van der Waals surface area contributed by atoms with Crippen molar-refractivity contribution in [3.05, 3.63) is 47.0 Å². The predicted octanol–water partition coefficient (Wildman–Crippen LogP) is 2.01. The Morgan fingerprint density at radius 3 is 2.86 bits per heavy atom. The highest BCUT2D eigenvalue weighted by molar-refractivity contribution is 7.91. The first-order valence-corrected chi connectivity index (χ1v) is 11.0. The van der Waals surface area contributed by atoms with Crippen LogP contribution in [0.3, 0.4) is 0 Å². The second-order valence-corrected chi connectivity index (χ2v) is 9.68. The highest BCUT2D eigenvalue weighted by Gasteiger charge is 2.31. The minimum Gasteiger partial charge on any atom is -0.345 e. The highest BCUT2D eigenvalue weighted by Crippen LogP contribution is 2.27. The molecule has 0 bridgehead atoms. The Morgan fingerprint density at radius 1 is 1.36 bits per heavy atom. The molecule has 28 heavy (non-hydrogen) atoms. The third-order valence-electron chi connectivity index (χ3n) is 5.44. The largest absolute Gasteiger partial charge is 0.345 e. The van der Waals surface area contributed by atoms with Gasteiger partial charge in [-0.05, 0) is 38.5 Å². The third kappa shape index (κ3) is 3.30. The Morgan fingerprint density at radius 2 is 2.14 bits per heavy atom. The van der Waals surface area contributed by atoms with E-state index in [-0.39, 0.29) is 23.5 Å². The van der Waals surface area contributed by atoms with Crippen LogP contribution in [0.25, 0.3) is 11.0 Å². The summed E-state index contributed by atoms with van der Waals surface area (Å²) in [5, 5.41) is 4.58. The molecular weight excluding hydrogens is 378 g/mol. The fraction of sp³-hybridized carbons (Fsp3) is 0.421. The second-order valence-electron chi connectivity index (χ2n) is 7.45. The van der Waals surface area contributed by atoms with Gasteiger partial charge < -0.3 is 9.88 Å². The van der Waals surface area contributed by atoms with E-state index in [1.54, 1.807) is 30.4 Å². The molecule has 1 aromatic carbocycles. The van der Waals surface area contributed by atoms with Crippen LogP contribution in [0, 0.1) is 13.8 Å². The topological polar surface area (TPSA) is 101 Å². The van der Waals surface area contributed by atoms with Crippen molar-refractivity contribution in [3.63, 3.8) is 0 Å². The summed E-state index contributed by atoms with van der Waals surface area (Å²) in [6.45, 7) is 4.25. The average molecular weight is 401 g/mol. The standard InChI is InChI=1S/C19H23N5O3S/c1-12-16(13(2)24(22-12)15-6-7-28(26,27)10-15)9-23(3)19(25)14-4-5-17-18(8-14)21-11-20-17/h4-5,8,11,15H,6-7,9-10H2,1-3H3,(H,20,21)/t15-/m0/s1. The molecule has 1 atom stereocenters. The quantitative estimate of drug-likeness (QED) is 0.721. The number of hydrogen-bond donors (Lipinski definition) is 1. The van der Waals surface area contributed by atoms with E-state index in [1.165, 1.54) is 0 Å². The van der Waals surface area contributed by atoms with E-state index in [0.717, 1.165) is 28.0 Å². The molecule has 1 amide bonds. The van der Waals surface area contributed by atoms with Gasteiger partial charge in [0.25, 0.3) is 5.91 Å². The summed E-state index contributed by atoms with van der Waals surface area (Å²) in [4.78, 5) is 21.7. The number of carbonyl (C=O) groups is 1. The van der Waals surface area contributed by atoms with Crippen molar-refractivity contribution < 1.29 is 13.2 Å². The molecule has 3 aromatic rings. The number of benzene rings is 1. The lowest BCUT2D eigenvalue weighted by Gasteiger charge is -2.18. The molecule has 0 aliphatic carbocycles. The predicted molar refractivity (Wildman–Crippen MR) is 106 cm³/mol. The number of fused-ring (bicyclic) bond motifs is 1. The zero-order valence-corrected chi connectivity index (χ0v) is 17.0. The number of rotatable bonds is 4. The fourth-order valence-corrected chi connectivity index (χ4v) is 5.54. The number of amides is 1. The molecule has 1 aliphatic rings. The van der Waals surface area contributed by atoms with Crippen LogP contribution in [0.15, 0.2) is 24.5 Å². The van der Waals surface area contributed by atoms with Crippen LogP contribution < -0.4 is 0 Å². The normalized spacial score (nSPS) is 18.6. The molecule has 3 heterocycles. The molecule has 148 valence electrons. The number of imidazole rings is 1. The van der Waals surface area contributed by atoms with E-state index in [2.05, 4.69) is 15.1 Å². The first-order chi connectivity index (χ1) is 13.2. The second kappa shape index (κ2) is 6.73. The molecule has 4 rings (SSSR count). The van der Waals surface area contributed by atoms with Crippen molar-refractivity contribution in [2.24, 2.45) is 0 Å². The van der Waals surface area contributed by atoms with E-state index >= 15 is 0 Å². The first kappa shape index (κ1) is 18.7. The number of H-pyrrole nitrogens is 1. The summed E-state index contributed by atoms with van der Waals surface area (Å²) in [7, 11) is -1.22. The van der Waals surface area contributed by atoms with Gasteiger partial charge in [0.05, 0.1) is 40.6 Å². The molecule has 1 N–H and O–H groups in total. The minimum absolute atomic E-state index is 0.0912.